The van der Waals surface area contributed by atoms with Crippen LogP contribution < -0.4 is 5.32 Å². The number of nitrogens with zero attached hydrogens (tertiary/aromatic N) is 3. The van der Waals surface area contributed by atoms with Crippen LogP contribution in [0.2, 0.25) is 5.02 Å². The standard InChI is InChI=1S/C22H22ClFN4O3S/c1-27(22(30)31)12-15(9-13-4-2-5-14(24)8-13)26-21(29)19-10-16-18(32-19)6-3-7-28-20(16)17(23)11-25-28/h2,4-5,8,10-11,15H,3,6-7,9,12H2,1H3,(H,26,29)(H,30,31)/t15-/m0/s1. The van der Waals surface area contributed by atoms with Gasteiger partial charge >= 0.3 is 6.09 Å². The number of hydrogen-bond donors (Lipinski definition) is 2. The second kappa shape index (κ2) is 9.30. The minimum absolute atomic E-state index is 0.0707. The third-order valence-corrected chi connectivity index (χ3v) is 6.85. The number of carbonyl (C=O) groups excluding carboxylic acids is 1. The van der Waals surface area contributed by atoms with Gasteiger partial charge in [-0.1, -0.05) is 23.7 Å². The van der Waals surface area contributed by atoms with Gasteiger partial charge in [-0.15, -0.1) is 11.3 Å². The summed E-state index contributed by atoms with van der Waals surface area (Å²) in [6, 6.07) is 7.36. The monoisotopic (exact) mass is 476 g/mol. The topological polar surface area (TPSA) is 87.5 Å². The molecule has 168 valence electrons. The number of halogens is 2. The molecule has 2 aromatic heterocycles. The largest absolute Gasteiger partial charge is 0.465 e. The highest BCUT2D eigenvalue weighted by Gasteiger charge is 2.25. The number of nitrogens with one attached hydrogen (secondary N) is 1. The number of aryl methyl sites for hydroxylation is 2. The van der Waals surface area contributed by atoms with Crippen LogP contribution in [0, 0.1) is 5.82 Å². The molecule has 4 rings (SSSR count). The zero-order valence-electron chi connectivity index (χ0n) is 17.3. The quantitative estimate of drug-likeness (QED) is 0.555. The molecule has 1 aromatic carbocycles. The Morgan fingerprint density at radius 3 is 2.97 bits per heavy atom. The Morgan fingerprint density at radius 1 is 1.41 bits per heavy atom. The van der Waals surface area contributed by atoms with Crippen LogP contribution in [0.25, 0.3) is 11.3 Å². The lowest BCUT2D eigenvalue weighted by Gasteiger charge is -2.23. The third-order valence-electron chi connectivity index (χ3n) is 5.38. The molecule has 10 heteroatoms. The van der Waals surface area contributed by atoms with Crippen molar-refractivity contribution in [2.75, 3.05) is 13.6 Å². The highest BCUT2D eigenvalue weighted by Crippen LogP contribution is 2.38. The predicted octanol–water partition coefficient (Wildman–Crippen LogP) is 4.30. The molecule has 3 heterocycles. The number of rotatable bonds is 6. The molecule has 0 spiro atoms. The summed E-state index contributed by atoms with van der Waals surface area (Å²) in [6.07, 6.45) is 2.52. The Balaban J connectivity index is 1.57. The van der Waals surface area contributed by atoms with E-state index >= 15 is 0 Å². The maximum absolute atomic E-state index is 13.6. The number of fused-ring (bicyclic) bond motifs is 3. The third kappa shape index (κ3) is 4.78. The molecule has 0 radical (unpaired) electrons. The Bertz CT molecular complexity index is 1160. The molecule has 7 nitrogen and oxygen atoms in total. The second-order valence-corrected chi connectivity index (χ2v) is 9.33. The Morgan fingerprint density at radius 2 is 2.22 bits per heavy atom. The van der Waals surface area contributed by atoms with Gasteiger partial charge in [0.1, 0.15) is 5.82 Å². The van der Waals surface area contributed by atoms with Gasteiger partial charge in [-0.2, -0.15) is 5.10 Å². The number of amides is 2. The second-order valence-electron chi connectivity index (χ2n) is 7.78. The SMILES string of the molecule is CN(C[C@H](Cc1cccc(F)c1)NC(=O)c1cc2c(s1)CCCn1ncc(Cl)c1-2)C(=O)O. The molecule has 2 amide bonds. The zero-order valence-corrected chi connectivity index (χ0v) is 18.9. The Hall–Kier alpha value is -2.91. The first kappa shape index (κ1) is 22.3. The Labute approximate surface area is 193 Å². The molecular weight excluding hydrogens is 455 g/mol. The smallest absolute Gasteiger partial charge is 0.407 e. The van der Waals surface area contributed by atoms with E-state index in [1.54, 1.807) is 18.3 Å². The molecule has 1 aliphatic rings. The van der Waals surface area contributed by atoms with Crippen LogP contribution in [0.1, 0.15) is 26.5 Å². The normalized spacial score (nSPS) is 13.6. The van der Waals surface area contributed by atoms with Crippen LogP contribution in [0.5, 0.6) is 0 Å². The van der Waals surface area contributed by atoms with E-state index < -0.39 is 12.1 Å². The summed E-state index contributed by atoms with van der Waals surface area (Å²) in [5, 5.41) is 17.1. The lowest BCUT2D eigenvalue weighted by Crippen LogP contribution is -2.45. The number of benzene rings is 1. The first-order valence-electron chi connectivity index (χ1n) is 10.2. The molecule has 1 atom stereocenters. The van der Waals surface area contributed by atoms with Crippen LogP contribution >= 0.6 is 22.9 Å². The van der Waals surface area contributed by atoms with Crippen molar-refractivity contribution in [2.45, 2.75) is 31.8 Å². The molecule has 3 aromatic rings. The molecule has 0 unspecified atom stereocenters. The van der Waals surface area contributed by atoms with Crippen molar-refractivity contribution in [3.8, 4) is 11.3 Å². The highest BCUT2D eigenvalue weighted by molar-refractivity contribution is 7.14. The summed E-state index contributed by atoms with van der Waals surface area (Å²) >= 11 is 7.76. The van der Waals surface area contributed by atoms with Crippen molar-refractivity contribution in [3.05, 3.63) is 62.7 Å². The van der Waals surface area contributed by atoms with E-state index in [1.165, 1.54) is 30.5 Å². The number of carboxylic acid groups (broad SMARTS) is 1. The maximum atomic E-state index is 13.6. The average molecular weight is 477 g/mol. The van der Waals surface area contributed by atoms with E-state index in [9.17, 15) is 19.1 Å². The fraction of sp³-hybridized carbons (Fsp3) is 0.318. The van der Waals surface area contributed by atoms with Gasteiger partial charge in [-0.3, -0.25) is 9.48 Å². The summed E-state index contributed by atoms with van der Waals surface area (Å²) in [5.41, 5.74) is 2.40. The molecule has 0 fully saturated rings. The van der Waals surface area contributed by atoms with E-state index in [2.05, 4.69) is 10.4 Å². The summed E-state index contributed by atoms with van der Waals surface area (Å²) in [5.74, 6) is -0.680. The summed E-state index contributed by atoms with van der Waals surface area (Å²) in [4.78, 5) is 27.1. The van der Waals surface area contributed by atoms with Gasteiger partial charge in [0.25, 0.3) is 5.91 Å². The van der Waals surface area contributed by atoms with Gasteiger partial charge in [-0.05, 0) is 43.0 Å². The van der Waals surface area contributed by atoms with Crippen molar-refractivity contribution < 1.29 is 19.1 Å². The van der Waals surface area contributed by atoms with E-state index in [4.69, 9.17) is 11.6 Å². The molecule has 0 saturated heterocycles. The van der Waals surface area contributed by atoms with Gasteiger partial charge in [0.2, 0.25) is 0 Å². The minimum atomic E-state index is -1.10. The molecule has 1 aliphatic heterocycles. The van der Waals surface area contributed by atoms with Gasteiger partial charge in [0.15, 0.2) is 0 Å². The van der Waals surface area contributed by atoms with Crippen LogP contribution in [0.15, 0.2) is 36.5 Å². The van der Waals surface area contributed by atoms with E-state index in [0.717, 1.165) is 40.4 Å². The van der Waals surface area contributed by atoms with Crippen molar-refractivity contribution in [2.24, 2.45) is 0 Å². The number of aromatic nitrogens is 2. The fourth-order valence-electron chi connectivity index (χ4n) is 3.89. The number of thiophene rings is 1. The van der Waals surface area contributed by atoms with E-state index in [0.29, 0.717) is 21.9 Å². The molecule has 0 aliphatic carbocycles. The van der Waals surface area contributed by atoms with Crippen LogP contribution in [-0.2, 0) is 19.4 Å². The van der Waals surface area contributed by atoms with Crippen LogP contribution in [0.4, 0.5) is 9.18 Å². The van der Waals surface area contributed by atoms with Crippen molar-refractivity contribution in [3.63, 3.8) is 0 Å². The first-order valence-corrected chi connectivity index (χ1v) is 11.3. The van der Waals surface area contributed by atoms with Crippen molar-refractivity contribution in [1.29, 1.82) is 0 Å². The molecular formula is C22H22ClFN4O3S. The van der Waals surface area contributed by atoms with Gasteiger partial charge < -0.3 is 15.3 Å². The summed E-state index contributed by atoms with van der Waals surface area (Å²) < 4.78 is 15.5. The maximum Gasteiger partial charge on any atom is 0.407 e. The van der Waals surface area contributed by atoms with Gasteiger partial charge in [-0.25, -0.2) is 9.18 Å². The number of likely N-dealkylation sites (N-methyl/N-ethyl adjacent to an activating group) is 1. The first-order chi connectivity index (χ1) is 15.3. The van der Waals surface area contributed by atoms with E-state index in [1.807, 2.05) is 10.7 Å². The van der Waals surface area contributed by atoms with E-state index in [-0.39, 0.29) is 18.3 Å². The number of carbonyl (C=O) groups is 2. The number of hydrogen-bond acceptors (Lipinski definition) is 4. The fourth-order valence-corrected chi connectivity index (χ4v) is 5.24. The van der Waals surface area contributed by atoms with Crippen LogP contribution in [-0.4, -0.2) is 51.4 Å². The lowest BCUT2D eigenvalue weighted by atomic mass is 10.0. The lowest BCUT2D eigenvalue weighted by molar-refractivity contribution is 0.0926. The zero-order chi connectivity index (χ0) is 22.8. The molecule has 0 saturated carbocycles. The van der Waals surface area contributed by atoms with Gasteiger partial charge in [0, 0.05) is 30.6 Å². The van der Waals surface area contributed by atoms with Crippen LogP contribution in [0.3, 0.4) is 0 Å². The Kier molecular flexibility index (Phi) is 6.48. The summed E-state index contributed by atoms with van der Waals surface area (Å²) in [7, 11) is 1.43. The highest BCUT2D eigenvalue weighted by atomic mass is 35.5. The van der Waals surface area contributed by atoms with Gasteiger partial charge in [0.05, 0.1) is 27.8 Å². The van der Waals surface area contributed by atoms with Crippen molar-refractivity contribution >= 4 is 34.9 Å². The molecule has 0 bridgehead atoms. The summed E-state index contributed by atoms with van der Waals surface area (Å²) in [6.45, 7) is 0.837. The minimum Gasteiger partial charge on any atom is -0.465 e. The van der Waals surface area contributed by atoms with Crippen molar-refractivity contribution in [1.82, 2.24) is 20.0 Å². The molecule has 2 N–H and O–H groups in total. The average Bonchev–Trinajstić information content (AvgIpc) is 3.26. The molecule has 32 heavy (non-hydrogen) atoms. The predicted molar refractivity (Wildman–Crippen MR) is 121 cm³/mol.